The molecule has 0 saturated heterocycles. The lowest BCUT2D eigenvalue weighted by atomic mass is 10.1. The Kier molecular flexibility index (Phi) is 3.89. The first kappa shape index (κ1) is 13.9. The third kappa shape index (κ3) is 2.30. The van der Waals surface area contributed by atoms with Gasteiger partial charge in [0.25, 0.3) is 5.91 Å². The van der Waals surface area contributed by atoms with Crippen molar-refractivity contribution in [2.24, 2.45) is 0 Å². The number of esters is 1. The number of nitriles is 1. The van der Waals surface area contributed by atoms with Crippen molar-refractivity contribution in [1.82, 2.24) is 4.90 Å². The van der Waals surface area contributed by atoms with Crippen LogP contribution in [-0.2, 0) is 9.53 Å². The van der Waals surface area contributed by atoms with Crippen LogP contribution in [0.1, 0.15) is 28.9 Å². The van der Waals surface area contributed by atoms with E-state index in [1.54, 1.807) is 25.1 Å². The van der Waals surface area contributed by atoms with Crippen LogP contribution >= 0.6 is 0 Å². The van der Waals surface area contributed by atoms with Gasteiger partial charge >= 0.3 is 5.97 Å². The minimum Gasteiger partial charge on any atom is -0.497 e. The van der Waals surface area contributed by atoms with Gasteiger partial charge in [-0.1, -0.05) is 0 Å². The molecule has 0 bridgehead atoms. The molecule has 0 spiro atoms. The lowest BCUT2D eigenvalue weighted by molar-refractivity contribution is -0.144. The van der Waals surface area contributed by atoms with Crippen molar-refractivity contribution >= 4 is 11.9 Å². The fraction of sp³-hybridized carbons (Fsp3) is 0.357. The maximum Gasteiger partial charge on any atom is 0.325 e. The van der Waals surface area contributed by atoms with Gasteiger partial charge in [-0.3, -0.25) is 9.59 Å². The number of carbonyl (C=O) groups is 2. The molecule has 1 aliphatic rings. The standard InChI is InChI=1S/C14H14N2O4/c1-3-20-13(17)8-16-12(7-15)11-6-9(19-2)4-5-10(11)14(16)18/h4-6,12H,3,8H2,1-2H3. The highest BCUT2D eigenvalue weighted by atomic mass is 16.5. The Labute approximate surface area is 116 Å². The third-order valence-electron chi connectivity index (χ3n) is 3.08. The van der Waals surface area contributed by atoms with Crippen molar-refractivity contribution in [3.05, 3.63) is 29.3 Å². The molecule has 1 unspecified atom stereocenters. The summed E-state index contributed by atoms with van der Waals surface area (Å²) < 4.78 is 9.91. The SMILES string of the molecule is CCOC(=O)CN1C(=O)c2ccc(OC)cc2C1C#N. The minimum atomic E-state index is -0.794. The van der Waals surface area contributed by atoms with Crippen LogP contribution in [-0.4, -0.2) is 37.0 Å². The van der Waals surface area contributed by atoms with E-state index in [2.05, 4.69) is 0 Å². The number of nitrogens with zero attached hydrogens (tertiary/aromatic N) is 2. The molecular formula is C14H14N2O4. The number of fused-ring (bicyclic) bond motifs is 1. The molecule has 0 radical (unpaired) electrons. The van der Waals surface area contributed by atoms with Crippen molar-refractivity contribution in [2.75, 3.05) is 20.3 Å². The summed E-state index contributed by atoms with van der Waals surface area (Å²) in [6, 6.07) is 6.15. The van der Waals surface area contributed by atoms with Crippen LogP contribution < -0.4 is 4.74 Å². The lowest BCUT2D eigenvalue weighted by Crippen LogP contribution is -2.33. The molecular weight excluding hydrogens is 260 g/mol. The Hall–Kier alpha value is -2.55. The van der Waals surface area contributed by atoms with Crippen molar-refractivity contribution in [3.8, 4) is 11.8 Å². The van der Waals surface area contributed by atoms with Gasteiger partial charge in [0.05, 0.1) is 19.8 Å². The summed E-state index contributed by atoms with van der Waals surface area (Å²) in [5.74, 6) is -0.307. The Morgan fingerprint density at radius 2 is 2.25 bits per heavy atom. The van der Waals surface area contributed by atoms with Crippen molar-refractivity contribution < 1.29 is 19.1 Å². The van der Waals surface area contributed by atoms with E-state index in [-0.39, 0.29) is 19.1 Å². The topological polar surface area (TPSA) is 79.6 Å². The third-order valence-corrected chi connectivity index (χ3v) is 3.08. The smallest absolute Gasteiger partial charge is 0.325 e. The summed E-state index contributed by atoms with van der Waals surface area (Å²) in [4.78, 5) is 25.0. The summed E-state index contributed by atoms with van der Waals surface area (Å²) in [7, 11) is 1.51. The zero-order valence-electron chi connectivity index (χ0n) is 11.3. The molecule has 1 atom stereocenters. The predicted molar refractivity (Wildman–Crippen MR) is 69.0 cm³/mol. The second-order valence-electron chi connectivity index (χ2n) is 4.22. The highest BCUT2D eigenvalue weighted by Gasteiger charge is 2.38. The van der Waals surface area contributed by atoms with Crippen LogP contribution in [0.25, 0.3) is 0 Å². The van der Waals surface area contributed by atoms with Crippen LogP contribution in [0.4, 0.5) is 0 Å². The summed E-state index contributed by atoms with van der Waals surface area (Å²) >= 11 is 0. The molecule has 0 N–H and O–H groups in total. The first-order valence-corrected chi connectivity index (χ1v) is 6.16. The van der Waals surface area contributed by atoms with E-state index in [0.717, 1.165) is 0 Å². The van der Waals surface area contributed by atoms with E-state index >= 15 is 0 Å². The Morgan fingerprint density at radius 3 is 2.85 bits per heavy atom. The fourth-order valence-corrected chi connectivity index (χ4v) is 2.18. The van der Waals surface area contributed by atoms with E-state index in [0.29, 0.717) is 16.9 Å². The number of carbonyl (C=O) groups excluding carboxylic acids is 2. The summed E-state index contributed by atoms with van der Waals surface area (Å²) in [5, 5.41) is 9.27. The highest BCUT2D eigenvalue weighted by Crippen LogP contribution is 2.35. The summed E-state index contributed by atoms with van der Waals surface area (Å²) in [5.41, 5.74) is 0.975. The number of benzene rings is 1. The zero-order chi connectivity index (χ0) is 14.7. The molecule has 1 aliphatic heterocycles. The van der Waals surface area contributed by atoms with Crippen LogP contribution in [0.2, 0.25) is 0 Å². The van der Waals surface area contributed by atoms with Gasteiger partial charge < -0.3 is 14.4 Å². The highest BCUT2D eigenvalue weighted by molar-refractivity contribution is 6.01. The zero-order valence-corrected chi connectivity index (χ0v) is 11.3. The van der Waals surface area contributed by atoms with Gasteiger partial charge in [0.2, 0.25) is 0 Å². The molecule has 0 saturated carbocycles. The largest absolute Gasteiger partial charge is 0.497 e. The van der Waals surface area contributed by atoms with E-state index < -0.39 is 12.0 Å². The second kappa shape index (κ2) is 5.61. The molecule has 1 amide bonds. The first-order valence-electron chi connectivity index (χ1n) is 6.16. The van der Waals surface area contributed by atoms with Gasteiger partial charge in [-0.15, -0.1) is 0 Å². The summed E-state index contributed by atoms with van der Waals surface area (Å²) in [6.07, 6.45) is 0. The maximum absolute atomic E-state index is 12.2. The molecule has 6 heteroatoms. The van der Waals surface area contributed by atoms with Gasteiger partial charge in [-0.25, -0.2) is 0 Å². The molecule has 1 heterocycles. The van der Waals surface area contributed by atoms with E-state index in [1.165, 1.54) is 12.0 Å². The van der Waals surface area contributed by atoms with Crippen LogP contribution in [0.15, 0.2) is 18.2 Å². The fourth-order valence-electron chi connectivity index (χ4n) is 2.18. The summed E-state index contributed by atoms with van der Waals surface area (Å²) in [6.45, 7) is 1.69. The number of hydrogen-bond donors (Lipinski definition) is 0. The molecule has 0 aromatic heterocycles. The molecule has 2 rings (SSSR count). The number of methoxy groups -OCH3 is 1. The van der Waals surface area contributed by atoms with Gasteiger partial charge in [0.15, 0.2) is 0 Å². The number of ether oxygens (including phenoxy) is 2. The van der Waals surface area contributed by atoms with Crippen LogP contribution in [0.3, 0.4) is 0 Å². The average Bonchev–Trinajstić information content (AvgIpc) is 2.71. The van der Waals surface area contributed by atoms with E-state index in [4.69, 9.17) is 9.47 Å². The quantitative estimate of drug-likeness (QED) is 0.773. The Balaban J connectivity index is 2.32. The van der Waals surface area contributed by atoms with Crippen LogP contribution in [0, 0.1) is 11.3 Å². The number of hydrogen-bond acceptors (Lipinski definition) is 5. The van der Waals surface area contributed by atoms with Gasteiger partial charge in [0, 0.05) is 11.1 Å². The number of rotatable bonds is 4. The van der Waals surface area contributed by atoms with Gasteiger partial charge in [-0.05, 0) is 25.1 Å². The molecule has 104 valence electrons. The Bertz CT molecular complexity index is 591. The van der Waals surface area contributed by atoms with Crippen molar-refractivity contribution in [2.45, 2.75) is 13.0 Å². The molecule has 20 heavy (non-hydrogen) atoms. The van der Waals surface area contributed by atoms with Gasteiger partial charge in [-0.2, -0.15) is 5.26 Å². The molecule has 0 aliphatic carbocycles. The monoisotopic (exact) mass is 274 g/mol. The average molecular weight is 274 g/mol. The second-order valence-corrected chi connectivity index (χ2v) is 4.22. The first-order chi connectivity index (χ1) is 9.62. The molecule has 1 aromatic carbocycles. The van der Waals surface area contributed by atoms with Gasteiger partial charge in [0.1, 0.15) is 18.3 Å². The predicted octanol–water partition coefficient (Wildman–Crippen LogP) is 1.28. The minimum absolute atomic E-state index is 0.234. The molecule has 0 fully saturated rings. The van der Waals surface area contributed by atoms with Crippen LogP contribution in [0.5, 0.6) is 5.75 Å². The van der Waals surface area contributed by atoms with E-state index in [9.17, 15) is 14.9 Å². The molecule has 1 aromatic rings. The van der Waals surface area contributed by atoms with Crippen molar-refractivity contribution in [3.63, 3.8) is 0 Å². The maximum atomic E-state index is 12.2. The number of amides is 1. The normalized spacial score (nSPS) is 16.6. The lowest BCUT2D eigenvalue weighted by Gasteiger charge is -2.18. The van der Waals surface area contributed by atoms with Crippen molar-refractivity contribution in [1.29, 1.82) is 5.26 Å². The van der Waals surface area contributed by atoms with E-state index in [1.807, 2.05) is 6.07 Å². The molecule has 6 nitrogen and oxygen atoms in total. The Morgan fingerprint density at radius 1 is 1.50 bits per heavy atom.